The highest BCUT2D eigenvalue weighted by Crippen LogP contribution is 2.18. The van der Waals surface area contributed by atoms with Gasteiger partial charge in [0.1, 0.15) is 13.2 Å². The molecule has 1 unspecified atom stereocenters. The van der Waals surface area contributed by atoms with Crippen LogP contribution in [0.4, 0.5) is 0 Å². The van der Waals surface area contributed by atoms with Gasteiger partial charge in [-0.05, 0) is 89.9 Å². The lowest BCUT2D eigenvalue weighted by atomic mass is 10.0. The van der Waals surface area contributed by atoms with E-state index in [1.807, 2.05) is 0 Å². The maximum absolute atomic E-state index is 13.0. The predicted molar refractivity (Wildman–Crippen MR) is 353 cm³/mol. The van der Waals surface area contributed by atoms with E-state index in [2.05, 4.69) is 93.7 Å². The third-order valence-electron chi connectivity index (χ3n) is 15.7. The molecule has 0 bridgehead atoms. The zero-order valence-electron chi connectivity index (χ0n) is 54.1. The van der Waals surface area contributed by atoms with Crippen LogP contribution in [0.1, 0.15) is 367 Å². The van der Waals surface area contributed by atoms with Crippen LogP contribution in [0.2, 0.25) is 0 Å². The predicted octanol–water partition coefficient (Wildman–Crippen LogP) is 24.4. The van der Waals surface area contributed by atoms with E-state index in [0.29, 0.717) is 19.3 Å². The number of carbonyl (C=O) groups excluding carboxylic acids is 3. The topological polar surface area (TPSA) is 78.9 Å². The van der Waals surface area contributed by atoms with Crippen LogP contribution in [0, 0.1) is 0 Å². The molecule has 1 atom stereocenters. The minimum atomic E-state index is -0.777. The molecule has 0 amide bonds. The van der Waals surface area contributed by atoms with E-state index in [-0.39, 0.29) is 31.1 Å². The van der Waals surface area contributed by atoms with Gasteiger partial charge in [0.25, 0.3) is 0 Å². The van der Waals surface area contributed by atoms with E-state index < -0.39 is 6.10 Å². The van der Waals surface area contributed by atoms with Crippen molar-refractivity contribution in [3.05, 3.63) is 72.9 Å². The van der Waals surface area contributed by atoms with E-state index in [1.54, 1.807) is 0 Å². The number of ether oxygens (including phenoxy) is 3. The summed E-state index contributed by atoms with van der Waals surface area (Å²) >= 11 is 0. The SMILES string of the molecule is CC/C=C\C/C=C\C/C=C\C/C=C\C/C=C\CCCCCCCCCCCCCC(=O)OCC(COC(=O)CCCCCCCCCCCCCCCCCCC)OC(=O)CCCCCCCCCCC/C=C\CCCCCCCC. The first kappa shape index (κ1) is 77.9. The van der Waals surface area contributed by atoms with Crippen molar-refractivity contribution >= 4 is 17.9 Å². The van der Waals surface area contributed by atoms with Crippen molar-refractivity contribution in [2.45, 2.75) is 374 Å². The molecule has 0 aromatic carbocycles. The van der Waals surface area contributed by atoms with Crippen LogP contribution < -0.4 is 0 Å². The molecule has 0 heterocycles. The van der Waals surface area contributed by atoms with Crippen molar-refractivity contribution in [1.29, 1.82) is 0 Å². The van der Waals surface area contributed by atoms with Gasteiger partial charge in [-0.2, -0.15) is 0 Å². The highest BCUT2D eigenvalue weighted by Gasteiger charge is 2.19. The summed E-state index contributed by atoms with van der Waals surface area (Å²) in [7, 11) is 0. The normalized spacial score (nSPS) is 12.5. The van der Waals surface area contributed by atoms with Crippen molar-refractivity contribution in [2.24, 2.45) is 0 Å². The molecule has 0 aromatic heterocycles. The zero-order valence-corrected chi connectivity index (χ0v) is 54.1. The quantitative estimate of drug-likeness (QED) is 0.0261. The van der Waals surface area contributed by atoms with Gasteiger partial charge in [-0.3, -0.25) is 14.4 Å². The van der Waals surface area contributed by atoms with Crippen LogP contribution in [0.3, 0.4) is 0 Å². The van der Waals surface area contributed by atoms with Crippen LogP contribution in [-0.2, 0) is 28.6 Å². The molecular weight excluding hydrogens is 997 g/mol. The van der Waals surface area contributed by atoms with Crippen molar-refractivity contribution in [3.8, 4) is 0 Å². The fraction of sp³-hybridized carbons (Fsp3) is 0.800. The molecule has 0 spiro atoms. The van der Waals surface area contributed by atoms with Crippen LogP contribution >= 0.6 is 0 Å². The Bertz CT molecular complexity index is 1490. The minimum absolute atomic E-state index is 0.0720. The molecule has 0 saturated heterocycles. The summed E-state index contributed by atoms with van der Waals surface area (Å²) in [5, 5.41) is 0. The van der Waals surface area contributed by atoms with Crippen LogP contribution in [-0.4, -0.2) is 37.2 Å². The molecule has 0 saturated carbocycles. The second-order valence-electron chi connectivity index (χ2n) is 23.8. The number of hydrogen-bond donors (Lipinski definition) is 0. The molecule has 0 radical (unpaired) electrons. The lowest BCUT2D eigenvalue weighted by Crippen LogP contribution is -2.30. The zero-order chi connectivity index (χ0) is 58.5. The first-order chi connectivity index (χ1) is 40.0. The van der Waals surface area contributed by atoms with Crippen molar-refractivity contribution < 1.29 is 28.6 Å². The lowest BCUT2D eigenvalue weighted by Gasteiger charge is -2.18. The second kappa shape index (κ2) is 69.3. The number of carbonyl (C=O) groups is 3. The Labute approximate surface area is 503 Å². The number of unbranched alkanes of at least 4 members (excludes halogenated alkanes) is 42. The maximum atomic E-state index is 13.0. The van der Waals surface area contributed by atoms with Gasteiger partial charge >= 0.3 is 17.9 Å². The number of rotatable bonds is 65. The third kappa shape index (κ3) is 67.5. The summed E-state index contributed by atoms with van der Waals surface area (Å²) in [5.41, 5.74) is 0. The molecular formula is C75H134O6. The molecule has 81 heavy (non-hydrogen) atoms. The molecule has 0 aliphatic rings. The van der Waals surface area contributed by atoms with Gasteiger partial charge in [0.05, 0.1) is 0 Å². The van der Waals surface area contributed by atoms with Crippen LogP contribution in [0.25, 0.3) is 0 Å². The van der Waals surface area contributed by atoms with E-state index in [0.717, 1.165) is 89.9 Å². The number of hydrogen-bond acceptors (Lipinski definition) is 6. The summed E-state index contributed by atoms with van der Waals surface area (Å²) in [4.78, 5) is 38.5. The molecule has 6 heteroatoms. The standard InChI is InChI=1S/C75H134O6/c1-4-7-10-13-16-19-22-25-28-31-33-34-35-36-37-38-39-40-42-44-47-50-53-56-59-62-65-68-74(77)80-71-72(70-79-73(76)67-64-61-58-55-52-49-46-43-30-27-24-21-18-15-12-9-6-3)81-75(78)69-66-63-60-57-54-51-48-45-41-32-29-26-23-20-17-14-11-8-5-2/h7,10,16,19,25-26,28-29,33-34,36-37,72H,4-6,8-9,11-15,17-18,20-24,27,30-32,35,38-71H2,1-3H3/b10-7-,19-16-,28-25-,29-26-,34-33-,37-36-. The fourth-order valence-corrected chi connectivity index (χ4v) is 10.4. The van der Waals surface area contributed by atoms with E-state index in [9.17, 15) is 14.4 Å². The summed E-state index contributed by atoms with van der Waals surface area (Å²) in [6.45, 7) is 6.58. The van der Waals surface area contributed by atoms with E-state index in [1.165, 1.54) is 238 Å². The summed E-state index contributed by atoms with van der Waals surface area (Å²) in [6.07, 6.45) is 90.6. The van der Waals surface area contributed by atoms with E-state index >= 15 is 0 Å². The molecule has 0 aliphatic carbocycles. The van der Waals surface area contributed by atoms with E-state index in [4.69, 9.17) is 14.2 Å². The summed E-state index contributed by atoms with van der Waals surface area (Å²) in [5.74, 6) is -0.853. The molecule has 0 fully saturated rings. The Morgan fingerprint density at radius 2 is 0.481 bits per heavy atom. The number of esters is 3. The Morgan fingerprint density at radius 3 is 0.765 bits per heavy atom. The van der Waals surface area contributed by atoms with Crippen LogP contribution in [0.5, 0.6) is 0 Å². The maximum Gasteiger partial charge on any atom is 0.306 e. The summed E-state index contributed by atoms with van der Waals surface area (Å²) < 4.78 is 17.0. The average Bonchev–Trinajstić information content (AvgIpc) is 3.47. The average molecular weight is 1130 g/mol. The molecule has 0 aliphatic heterocycles. The van der Waals surface area contributed by atoms with Crippen molar-refractivity contribution in [1.82, 2.24) is 0 Å². The molecule has 0 N–H and O–H groups in total. The molecule has 0 rings (SSSR count). The van der Waals surface area contributed by atoms with Gasteiger partial charge in [0.15, 0.2) is 6.10 Å². The molecule has 470 valence electrons. The largest absolute Gasteiger partial charge is 0.462 e. The number of allylic oxidation sites excluding steroid dienone is 12. The van der Waals surface area contributed by atoms with Gasteiger partial charge in [-0.15, -0.1) is 0 Å². The molecule has 0 aromatic rings. The van der Waals surface area contributed by atoms with Crippen molar-refractivity contribution in [3.63, 3.8) is 0 Å². The Hall–Kier alpha value is -3.15. The second-order valence-corrected chi connectivity index (χ2v) is 23.8. The highest BCUT2D eigenvalue weighted by atomic mass is 16.6. The van der Waals surface area contributed by atoms with Gasteiger partial charge in [-0.1, -0.05) is 331 Å². The van der Waals surface area contributed by atoms with Gasteiger partial charge in [0.2, 0.25) is 0 Å². The Morgan fingerprint density at radius 1 is 0.259 bits per heavy atom. The first-order valence-corrected chi connectivity index (χ1v) is 35.4. The Balaban J connectivity index is 4.31. The smallest absolute Gasteiger partial charge is 0.306 e. The van der Waals surface area contributed by atoms with Gasteiger partial charge in [-0.25, -0.2) is 0 Å². The molecule has 6 nitrogen and oxygen atoms in total. The monoisotopic (exact) mass is 1130 g/mol. The van der Waals surface area contributed by atoms with Crippen molar-refractivity contribution in [2.75, 3.05) is 13.2 Å². The van der Waals surface area contributed by atoms with Crippen LogP contribution in [0.15, 0.2) is 72.9 Å². The fourth-order valence-electron chi connectivity index (χ4n) is 10.4. The summed E-state index contributed by atoms with van der Waals surface area (Å²) in [6, 6.07) is 0. The van der Waals surface area contributed by atoms with Gasteiger partial charge in [0, 0.05) is 19.3 Å². The first-order valence-electron chi connectivity index (χ1n) is 35.4. The van der Waals surface area contributed by atoms with Gasteiger partial charge < -0.3 is 14.2 Å². The Kier molecular flexibility index (Phi) is 66.6. The highest BCUT2D eigenvalue weighted by molar-refractivity contribution is 5.71. The minimum Gasteiger partial charge on any atom is -0.462 e. The third-order valence-corrected chi connectivity index (χ3v) is 15.7. The lowest BCUT2D eigenvalue weighted by molar-refractivity contribution is -0.167.